The Morgan fingerprint density at radius 1 is 1.12 bits per heavy atom. The minimum absolute atomic E-state index is 0.134. The summed E-state index contributed by atoms with van der Waals surface area (Å²) in [7, 11) is 1.58. The average molecular weight is 508 g/mol. The molecule has 174 valence electrons. The van der Waals surface area contributed by atoms with E-state index in [9.17, 15) is 9.59 Å². The highest BCUT2D eigenvalue weighted by Gasteiger charge is 2.14. The number of thioether (sulfide) groups is 1. The first kappa shape index (κ1) is 24.9. The molecule has 1 aromatic heterocycles. The maximum Gasteiger partial charge on any atom is 0.251 e. The normalized spacial score (nSPS) is 10.7. The van der Waals surface area contributed by atoms with Gasteiger partial charge in [0.1, 0.15) is 11.6 Å². The van der Waals surface area contributed by atoms with Crippen molar-refractivity contribution in [3.63, 3.8) is 0 Å². The van der Waals surface area contributed by atoms with Crippen molar-refractivity contribution in [3.8, 4) is 5.75 Å². The number of carbonyl (C=O) groups is 2. The topological polar surface area (TPSA) is 98.1 Å². The zero-order valence-electron chi connectivity index (χ0n) is 18.1. The van der Waals surface area contributed by atoms with E-state index >= 15 is 0 Å². The Morgan fingerprint density at radius 2 is 1.88 bits per heavy atom. The van der Waals surface area contributed by atoms with Crippen molar-refractivity contribution in [1.82, 2.24) is 20.1 Å². The molecule has 0 atom stereocenters. The molecule has 33 heavy (non-hydrogen) atoms. The number of benzene rings is 2. The molecule has 2 amide bonds. The molecule has 3 rings (SSSR count). The molecule has 0 bridgehead atoms. The summed E-state index contributed by atoms with van der Waals surface area (Å²) in [5.74, 6) is 1.15. The Kier molecular flexibility index (Phi) is 8.99. The van der Waals surface area contributed by atoms with Crippen LogP contribution in [0.3, 0.4) is 0 Å². The molecule has 0 unspecified atom stereocenters. The van der Waals surface area contributed by atoms with E-state index < -0.39 is 0 Å². The summed E-state index contributed by atoms with van der Waals surface area (Å²) >= 11 is 13.3. The molecule has 0 radical (unpaired) electrons. The molecular formula is C22H23Cl2N5O3S. The monoisotopic (exact) mass is 507 g/mol. The molecule has 0 aliphatic heterocycles. The fraction of sp³-hybridized carbons (Fsp3) is 0.273. The molecular weight excluding hydrogens is 485 g/mol. The second kappa shape index (κ2) is 11.9. The Balaban J connectivity index is 1.52. The summed E-state index contributed by atoms with van der Waals surface area (Å²) in [4.78, 5) is 24.6. The summed E-state index contributed by atoms with van der Waals surface area (Å²) in [5.41, 5.74) is 1.01. The van der Waals surface area contributed by atoms with Gasteiger partial charge in [-0.2, -0.15) is 0 Å². The predicted molar refractivity (Wildman–Crippen MR) is 131 cm³/mol. The fourth-order valence-electron chi connectivity index (χ4n) is 2.97. The van der Waals surface area contributed by atoms with Crippen molar-refractivity contribution >= 4 is 52.5 Å². The number of ether oxygens (including phenoxy) is 1. The summed E-state index contributed by atoms with van der Waals surface area (Å²) in [5, 5.41) is 15.6. The third-order valence-electron chi connectivity index (χ3n) is 4.63. The van der Waals surface area contributed by atoms with E-state index in [1.54, 1.807) is 49.6 Å². The van der Waals surface area contributed by atoms with Gasteiger partial charge in [0.15, 0.2) is 5.16 Å². The van der Waals surface area contributed by atoms with Gasteiger partial charge in [0.2, 0.25) is 5.91 Å². The SMILES string of the molecule is CCn1c(CCNC(=O)c2ccc(OC)cc2)nnc1SCC(=O)Nc1cc(Cl)ccc1Cl. The number of hydrogen-bond acceptors (Lipinski definition) is 6. The van der Waals surface area contributed by atoms with E-state index in [0.717, 1.165) is 5.82 Å². The number of anilines is 1. The van der Waals surface area contributed by atoms with E-state index in [2.05, 4.69) is 20.8 Å². The Hall–Kier alpha value is -2.75. The fourth-order valence-corrected chi connectivity index (χ4v) is 4.13. The van der Waals surface area contributed by atoms with Crippen molar-refractivity contribution in [2.24, 2.45) is 0 Å². The zero-order valence-corrected chi connectivity index (χ0v) is 20.4. The van der Waals surface area contributed by atoms with Crippen LogP contribution in [0.5, 0.6) is 5.75 Å². The van der Waals surface area contributed by atoms with Gasteiger partial charge in [-0.1, -0.05) is 35.0 Å². The van der Waals surface area contributed by atoms with E-state index in [1.165, 1.54) is 11.8 Å². The van der Waals surface area contributed by atoms with Crippen molar-refractivity contribution in [1.29, 1.82) is 0 Å². The van der Waals surface area contributed by atoms with Gasteiger partial charge in [-0.05, 0) is 49.4 Å². The Labute approximate surface area is 206 Å². The predicted octanol–water partition coefficient (Wildman–Crippen LogP) is 4.32. The van der Waals surface area contributed by atoms with Gasteiger partial charge in [0.25, 0.3) is 5.91 Å². The van der Waals surface area contributed by atoms with E-state index in [4.69, 9.17) is 27.9 Å². The number of rotatable bonds is 10. The number of nitrogens with one attached hydrogen (secondary N) is 2. The summed E-state index contributed by atoms with van der Waals surface area (Å²) in [6.45, 7) is 3.01. The molecule has 11 heteroatoms. The van der Waals surface area contributed by atoms with E-state index in [-0.39, 0.29) is 17.6 Å². The van der Waals surface area contributed by atoms with E-state index in [0.29, 0.717) is 51.7 Å². The first-order chi connectivity index (χ1) is 15.9. The maximum absolute atomic E-state index is 12.3. The summed E-state index contributed by atoms with van der Waals surface area (Å²) < 4.78 is 7.02. The number of carbonyl (C=O) groups excluding carboxylic acids is 2. The largest absolute Gasteiger partial charge is 0.497 e. The summed E-state index contributed by atoms with van der Waals surface area (Å²) in [6.07, 6.45) is 0.508. The third kappa shape index (κ3) is 6.86. The van der Waals surface area contributed by atoms with Crippen LogP contribution in [0.15, 0.2) is 47.6 Å². The lowest BCUT2D eigenvalue weighted by atomic mass is 10.2. The Morgan fingerprint density at radius 3 is 2.58 bits per heavy atom. The quantitative estimate of drug-likeness (QED) is 0.396. The van der Waals surface area contributed by atoms with Gasteiger partial charge in [0, 0.05) is 30.1 Å². The van der Waals surface area contributed by atoms with Gasteiger partial charge in [-0.25, -0.2) is 0 Å². The third-order valence-corrected chi connectivity index (χ3v) is 6.16. The molecule has 0 spiro atoms. The van der Waals surface area contributed by atoms with Crippen LogP contribution in [0.4, 0.5) is 5.69 Å². The summed E-state index contributed by atoms with van der Waals surface area (Å²) in [6, 6.07) is 11.8. The van der Waals surface area contributed by atoms with Crippen LogP contribution in [0.2, 0.25) is 10.0 Å². The van der Waals surface area contributed by atoms with Crippen LogP contribution in [0.25, 0.3) is 0 Å². The number of halogens is 2. The highest BCUT2D eigenvalue weighted by atomic mass is 35.5. The number of nitrogens with zero attached hydrogens (tertiary/aromatic N) is 3. The minimum atomic E-state index is -0.233. The molecule has 0 fully saturated rings. The molecule has 3 aromatic rings. The molecule has 0 aliphatic carbocycles. The van der Waals surface area contributed by atoms with Gasteiger partial charge < -0.3 is 19.9 Å². The van der Waals surface area contributed by atoms with Crippen molar-refractivity contribution in [3.05, 3.63) is 63.9 Å². The molecule has 1 heterocycles. The van der Waals surface area contributed by atoms with E-state index in [1.807, 2.05) is 11.5 Å². The second-order valence-corrected chi connectivity index (χ2v) is 8.62. The highest BCUT2D eigenvalue weighted by Crippen LogP contribution is 2.26. The lowest BCUT2D eigenvalue weighted by molar-refractivity contribution is -0.113. The first-order valence-electron chi connectivity index (χ1n) is 10.1. The number of amides is 2. The first-order valence-corrected chi connectivity index (χ1v) is 11.9. The number of methoxy groups -OCH3 is 1. The maximum atomic E-state index is 12.3. The van der Waals surface area contributed by atoms with Crippen LogP contribution >= 0.6 is 35.0 Å². The van der Waals surface area contributed by atoms with Crippen molar-refractivity contribution < 1.29 is 14.3 Å². The van der Waals surface area contributed by atoms with Gasteiger partial charge in [-0.15, -0.1) is 10.2 Å². The molecule has 8 nitrogen and oxygen atoms in total. The number of hydrogen-bond donors (Lipinski definition) is 2. The van der Waals surface area contributed by atoms with Gasteiger partial charge >= 0.3 is 0 Å². The van der Waals surface area contributed by atoms with Crippen LogP contribution in [-0.2, 0) is 17.8 Å². The highest BCUT2D eigenvalue weighted by molar-refractivity contribution is 7.99. The minimum Gasteiger partial charge on any atom is -0.497 e. The molecule has 0 saturated heterocycles. The van der Waals surface area contributed by atoms with Crippen molar-refractivity contribution in [2.45, 2.75) is 25.0 Å². The zero-order chi connectivity index (χ0) is 23.8. The standard InChI is InChI=1S/C22H23Cl2N5O3S/c1-3-29-19(10-11-25-21(31)14-4-7-16(32-2)8-5-14)27-28-22(29)33-13-20(30)26-18-12-15(23)6-9-17(18)24/h4-9,12H,3,10-11,13H2,1-2H3,(H,25,31)(H,26,30). The lowest BCUT2D eigenvalue weighted by Gasteiger charge is -2.09. The molecule has 2 aromatic carbocycles. The van der Waals surface area contributed by atoms with Crippen molar-refractivity contribution in [2.75, 3.05) is 24.7 Å². The number of aromatic nitrogens is 3. The lowest BCUT2D eigenvalue weighted by Crippen LogP contribution is -2.26. The van der Waals surface area contributed by atoms with Crippen LogP contribution < -0.4 is 15.4 Å². The van der Waals surface area contributed by atoms with Crippen LogP contribution in [0, 0.1) is 0 Å². The molecule has 0 saturated carbocycles. The smallest absolute Gasteiger partial charge is 0.251 e. The average Bonchev–Trinajstić information content (AvgIpc) is 3.21. The van der Waals surface area contributed by atoms with Crippen LogP contribution in [0.1, 0.15) is 23.1 Å². The Bertz CT molecular complexity index is 1120. The molecule has 2 N–H and O–H groups in total. The van der Waals surface area contributed by atoms with Gasteiger partial charge in [-0.3, -0.25) is 9.59 Å². The van der Waals surface area contributed by atoms with Gasteiger partial charge in [0.05, 0.1) is 23.6 Å². The van der Waals surface area contributed by atoms with Crippen LogP contribution in [-0.4, -0.2) is 46.0 Å². The molecule has 0 aliphatic rings. The second-order valence-electron chi connectivity index (χ2n) is 6.84.